The van der Waals surface area contributed by atoms with Gasteiger partial charge in [-0.25, -0.2) is 14.6 Å². The molecule has 3 aromatic rings. The van der Waals surface area contributed by atoms with Crippen LogP contribution in [0.15, 0.2) is 61.3 Å². The van der Waals surface area contributed by atoms with Crippen molar-refractivity contribution < 1.29 is 4.79 Å². The summed E-state index contributed by atoms with van der Waals surface area (Å²) in [5.74, 6) is 0.601. The summed E-state index contributed by atoms with van der Waals surface area (Å²) in [6, 6.07) is 11.8. The molecule has 0 radical (unpaired) electrons. The summed E-state index contributed by atoms with van der Waals surface area (Å²) in [5, 5.41) is 7.01. The van der Waals surface area contributed by atoms with Crippen molar-refractivity contribution in [2.45, 2.75) is 19.3 Å². The van der Waals surface area contributed by atoms with Gasteiger partial charge in [-0.1, -0.05) is 37.3 Å². The molecule has 0 aliphatic heterocycles. The number of carbonyl (C=O) groups excluding carboxylic acids is 1. The van der Waals surface area contributed by atoms with Gasteiger partial charge in [-0.2, -0.15) is 5.10 Å². The number of amides is 1. The van der Waals surface area contributed by atoms with Crippen LogP contribution in [-0.2, 0) is 4.79 Å². The second kappa shape index (κ2) is 6.83. The average molecular weight is 307 g/mol. The Morgan fingerprint density at radius 3 is 2.83 bits per heavy atom. The van der Waals surface area contributed by atoms with E-state index in [0.717, 1.165) is 5.56 Å². The molecule has 0 aliphatic rings. The number of hydrogen-bond acceptors (Lipinski definition) is 4. The fourth-order valence-electron chi connectivity index (χ4n) is 2.37. The Morgan fingerprint density at radius 1 is 1.26 bits per heavy atom. The van der Waals surface area contributed by atoms with Gasteiger partial charge in [0.2, 0.25) is 5.91 Å². The van der Waals surface area contributed by atoms with Gasteiger partial charge in [0.25, 0.3) is 0 Å². The van der Waals surface area contributed by atoms with Crippen LogP contribution in [0.4, 0.5) is 5.69 Å². The van der Waals surface area contributed by atoms with Gasteiger partial charge in [-0.3, -0.25) is 4.79 Å². The highest BCUT2D eigenvalue weighted by molar-refractivity contribution is 5.92. The van der Waals surface area contributed by atoms with Gasteiger partial charge in [0.1, 0.15) is 12.0 Å². The molecule has 3 rings (SSSR count). The van der Waals surface area contributed by atoms with Gasteiger partial charge in [0.05, 0.1) is 6.20 Å². The predicted molar refractivity (Wildman–Crippen MR) is 87.3 cm³/mol. The van der Waals surface area contributed by atoms with E-state index in [2.05, 4.69) is 20.4 Å². The Bertz CT molecular complexity index is 771. The molecule has 2 heterocycles. The minimum atomic E-state index is -0.0791. The maximum absolute atomic E-state index is 12.3. The van der Waals surface area contributed by atoms with Gasteiger partial charge in [-0.15, -0.1) is 0 Å². The maximum Gasteiger partial charge on any atom is 0.225 e. The number of benzene rings is 1. The molecule has 0 unspecified atom stereocenters. The molecule has 0 bridgehead atoms. The first kappa shape index (κ1) is 14.9. The molecule has 6 nitrogen and oxygen atoms in total. The largest absolute Gasteiger partial charge is 0.322 e. The van der Waals surface area contributed by atoms with Crippen LogP contribution in [0.3, 0.4) is 0 Å². The van der Waals surface area contributed by atoms with Crippen molar-refractivity contribution >= 4 is 11.6 Å². The summed E-state index contributed by atoms with van der Waals surface area (Å²) in [6.07, 6.45) is 6.82. The third kappa shape index (κ3) is 3.60. The van der Waals surface area contributed by atoms with E-state index >= 15 is 0 Å². The highest BCUT2D eigenvalue weighted by Crippen LogP contribution is 2.20. The second-order valence-electron chi connectivity index (χ2n) is 5.27. The van der Waals surface area contributed by atoms with Crippen molar-refractivity contribution in [3.63, 3.8) is 0 Å². The van der Waals surface area contributed by atoms with Crippen LogP contribution in [0.5, 0.6) is 0 Å². The lowest BCUT2D eigenvalue weighted by molar-refractivity contribution is -0.116. The Labute approximate surface area is 134 Å². The van der Waals surface area contributed by atoms with E-state index in [4.69, 9.17) is 0 Å². The van der Waals surface area contributed by atoms with Gasteiger partial charge < -0.3 is 5.32 Å². The molecule has 1 N–H and O–H groups in total. The van der Waals surface area contributed by atoms with E-state index in [1.54, 1.807) is 29.3 Å². The molecule has 0 spiro atoms. The van der Waals surface area contributed by atoms with E-state index in [1.165, 1.54) is 6.33 Å². The minimum absolute atomic E-state index is 0.0791. The molecular weight excluding hydrogens is 290 g/mol. The van der Waals surface area contributed by atoms with E-state index < -0.39 is 0 Å². The number of nitrogens with zero attached hydrogens (tertiary/aromatic N) is 4. The summed E-state index contributed by atoms with van der Waals surface area (Å²) >= 11 is 0. The number of aromatic nitrogens is 4. The summed E-state index contributed by atoms with van der Waals surface area (Å²) < 4.78 is 1.60. The average Bonchev–Trinajstić information content (AvgIpc) is 3.10. The molecule has 116 valence electrons. The molecule has 1 amide bonds. The number of hydrogen-bond donors (Lipinski definition) is 1. The molecule has 23 heavy (non-hydrogen) atoms. The SMILES string of the molecule is C[C@H](CC(=O)Nc1cncnc1-n1cccn1)c1ccccc1. The smallest absolute Gasteiger partial charge is 0.225 e. The third-order valence-electron chi connectivity index (χ3n) is 3.55. The lowest BCUT2D eigenvalue weighted by atomic mass is 9.97. The van der Waals surface area contributed by atoms with Crippen molar-refractivity contribution in [3.05, 3.63) is 66.9 Å². The molecule has 2 aromatic heterocycles. The first-order valence-corrected chi connectivity index (χ1v) is 7.39. The van der Waals surface area contributed by atoms with Gasteiger partial charge in [0, 0.05) is 18.8 Å². The maximum atomic E-state index is 12.3. The van der Waals surface area contributed by atoms with E-state index in [9.17, 15) is 4.79 Å². The summed E-state index contributed by atoms with van der Waals surface area (Å²) in [6.45, 7) is 2.03. The molecule has 1 atom stereocenters. The van der Waals surface area contributed by atoms with Crippen molar-refractivity contribution in [1.82, 2.24) is 19.7 Å². The van der Waals surface area contributed by atoms with Gasteiger partial charge in [-0.05, 0) is 17.5 Å². The molecule has 0 fully saturated rings. The Morgan fingerprint density at radius 2 is 2.09 bits per heavy atom. The molecule has 0 saturated heterocycles. The zero-order chi connectivity index (χ0) is 16.1. The summed E-state index contributed by atoms with van der Waals surface area (Å²) in [7, 11) is 0. The van der Waals surface area contributed by atoms with Crippen LogP contribution in [0.25, 0.3) is 5.82 Å². The lowest BCUT2D eigenvalue weighted by Gasteiger charge is -2.13. The predicted octanol–water partition coefficient (Wildman–Crippen LogP) is 2.79. The summed E-state index contributed by atoms with van der Waals surface area (Å²) in [5.41, 5.74) is 1.68. The zero-order valence-corrected chi connectivity index (χ0v) is 12.8. The topological polar surface area (TPSA) is 72.7 Å². The highest BCUT2D eigenvalue weighted by Gasteiger charge is 2.14. The summed E-state index contributed by atoms with van der Waals surface area (Å²) in [4.78, 5) is 20.5. The van der Waals surface area contributed by atoms with Crippen molar-refractivity contribution in [3.8, 4) is 5.82 Å². The van der Waals surface area contributed by atoms with Gasteiger partial charge >= 0.3 is 0 Å². The minimum Gasteiger partial charge on any atom is -0.322 e. The molecule has 6 heteroatoms. The van der Waals surface area contributed by atoms with Crippen molar-refractivity contribution in [2.24, 2.45) is 0 Å². The molecular formula is C17H17N5O. The van der Waals surface area contributed by atoms with Crippen LogP contribution in [0.1, 0.15) is 24.8 Å². The number of anilines is 1. The number of rotatable bonds is 5. The molecule has 0 aliphatic carbocycles. The second-order valence-corrected chi connectivity index (χ2v) is 5.27. The Balaban J connectivity index is 1.72. The zero-order valence-electron chi connectivity index (χ0n) is 12.8. The van der Waals surface area contributed by atoms with E-state index in [1.807, 2.05) is 37.3 Å². The normalized spacial score (nSPS) is 11.9. The van der Waals surface area contributed by atoms with Gasteiger partial charge in [0.15, 0.2) is 5.82 Å². The standard InChI is InChI=1S/C17H17N5O/c1-13(14-6-3-2-4-7-14)10-16(23)21-15-11-18-12-19-17(15)22-9-5-8-20-22/h2-9,11-13H,10H2,1H3,(H,21,23)/t13-/m1/s1. The third-order valence-corrected chi connectivity index (χ3v) is 3.55. The van der Waals surface area contributed by atoms with E-state index in [0.29, 0.717) is 17.9 Å². The lowest BCUT2D eigenvalue weighted by Crippen LogP contribution is -2.17. The molecule has 1 aromatic carbocycles. The first-order valence-electron chi connectivity index (χ1n) is 7.39. The van der Waals surface area contributed by atoms with Crippen LogP contribution in [0.2, 0.25) is 0 Å². The van der Waals surface area contributed by atoms with Crippen LogP contribution in [0, 0.1) is 0 Å². The fraction of sp³-hybridized carbons (Fsp3) is 0.176. The Hall–Kier alpha value is -3.02. The quantitative estimate of drug-likeness (QED) is 0.786. The van der Waals surface area contributed by atoms with Crippen molar-refractivity contribution in [2.75, 3.05) is 5.32 Å². The van der Waals surface area contributed by atoms with Crippen LogP contribution in [-0.4, -0.2) is 25.7 Å². The first-order chi connectivity index (χ1) is 11.2. The van der Waals surface area contributed by atoms with Crippen LogP contribution >= 0.6 is 0 Å². The van der Waals surface area contributed by atoms with E-state index in [-0.39, 0.29) is 11.8 Å². The number of nitrogens with one attached hydrogen (secondary N) is 1. The van der Waals surface area contributed by atoms with Crippen LogP contribution < -0.4 is 5.32 Å². The highest BCUT2D eigenvalue weighted by atomic mass is 16.1. The fourth-order valence-corrected chi connectivity index (χ4v) is 2.37. The number of carbonyl (C=O) groups is 1. The van der Waals surface area contributed by atoms with Crippen molar-refractivity contribution in [1.29, 1.82) is 0 Å². The molecule has 0 saturated carbocycles. The monoisotopic (exact) mass is 307 g/mol. The Kier molecular flexibility index (Phi) is 4.42.